The minimum Gasteiger partial charge on any atom is -0.348 e. The van der Waals surface area contributed by atoms with Crippen LogP contribution >= 0.6 is 15.9 Å². The monoisotopic (exact) mass is 383 g/mol. The number of nitrogens with zero attached hydrogens (tertiary/aromatic N) is 1. The average molecular weight is 384 g/mol. The number of carbonyl (C=O) groups is 1. The summed E-state index contributed by atoms with van der Waals surface area (Å²) in [4.78, 5) is 16.1. The number of rotatable bonds is 5. The molecule has 1 amide bonds. The summed E-state index contributed by atoms with van der Waals surface area (Å²) in [6, 6.07) is 8.05. The van der Waals surface area contributed by atoms with Gasteiger partial charge >= 0.3 is 0 Å². The molecule has 0 unspecified atom stereocenters. The van der Waals surface area contributed by atoms with Crippen LogP contribution in [0.3, 0.4) is 0 Å². The number of nitrogens with one attached hydrogen (secondary N) is 2. The Bertz CT molecular complexity index is 793. The lowest BCUT2D eigenvalue weighted by Crippen LogP contribution is -2.23. The third-order valence-electron chi connectivity index (χ3n) is 2.90. The van der Waals surface area contributed by atoms with Gasteiger partial charge in [-0.15, -0.1) is 0 Å². The summed E-state index contributed by atoms with van der Waals surface area (Å²) in [7, 11) is -2.14. The highest BCUT2D eigenvalue weighted by Crippen LogP contribution is 2.12. The smallest absolute Gasteiger partial charge is 0.253 e. The quantitative estimate of drug-likeness (QED) is 0.821. The van der Waals surface area contributed by atoms with E-state index < -0.39 is 10.0 Å². The first-order valence-electron chi connectivity index (χ1n) is 6.33. The second-order valence-corrected chi connectivity index (χ2v) is 7.23. The van der Waals surface area contributed by atoms with Crippen LogP contribution in [0.5, 0.6) is 0 Å². The molecule has 2 N–H and O–H groups in total. The highest BCUT2D eigenvalue weighted by atomic mass is 79.9. The number of carbonyl (C=O) groups excluding carboxylic acids is 1. The molecule has 0 atom stereocenters. The van der Waals surface area contributed by atoms with Crippen molar-refractivity contribution in [3.05, 3.63) is 58.3 Å². The lowest BCUT2D eigenvalue weighted by molar-refractivity contribution is 0.0950. The fourth-order valence-electron chi connectivity index (χ4n) is 1.76. The van der Waals surface area contributed by atoms with E-state index in [-0.39, 0.29) is 17.3 Å². The number of amides is 1. The van der Waals surface area contributed by atoms with Crippen molar-refractivity contribution in [2.75, 3.05) is 7.05 Å². The molecule has 0 aliphatic heterocycles. The Labute approximate surface area is 137 Å². The van der Waals surface area contributed by atoms with Crippen LogP contribution in [0.4, 0.5) is 0 Å². The summed E-state index contributed by atoms with van der Waals surface area (Å²) in [6.07, 6.45) is 3.05. The first-order valence-corrected chi connectivity index (χ1v) is 8.61. The predicted octanol–water partition coefficient (Wildman–Crippen LogP) is 1.68. The van der Waals surface area contributed by atoms with Gasteiger partial charge in [0.05, 0.1) is 10.5 Å². The van der Waals surface area contributed by atoms with Gasteiger partial charge in [0.1, 0.15) is 0 Å². The maximum atomic E-state index is 12.0. The van der Waals surface area contributed by atoms with Gasteiger partial charge in [0.25, 0.3) is 5.91 Å². The van der Waals surface area contributed by atoms with Gasteiger partial charge in [-0.2, -0.15) is 0 Å². The molecule has 0 aliphatic rings. The molecule has 0 saturated heterocycles. The van der Waals surface area contributed by atoms with Crippen LogP contribution in [0.1, 0.15) is 15.9 Å². The second-order valence-electron chi connectivity index (χ2n) is 4.43. The molecule has 1 heterocycles. The maximum absolute atomic E-state index is 12.0. The van der Waals surface area contributed by atoms with E-state index in [0.717, 1.165) is 0 Å². The van der Waals surface area contributed by atoms with E-state index in [1.165, 1.54) is 25.4 Å². The normalized spacial score (nSPS) is 11.2. The van der Waals surface area contributed by atoms with Crippen molar-refractivity contribution < 1.29 is 13.2 Å². The van der Waals surface area contributed by atoms with Gasteiger partial charge in [0.15, 0.2) is 0 Å². The molecular formula is C14H14BrN3O3S. The second kappa shape index (κ2) is 6.99. The largest absolute Gasteiger partial charge is 0.348 e. The fraction of sp³-hybridized carbons (Fsp3) is 0.143. The SMILES string of the molecule is CNS(=O)(=O)c1cccc(CNC(=O)c2cncc(Br)c2)c1. The zero-order valence-electron chi connectivity index (χ0n) is 11.7. The first kappa shape index (κ1) is 16.6. The Morgan fingerprint density at radius 1 is 1.27 bits per heavy atom. The molecule has 1 aromatic carbocycles. The number of pyridine rings is 1. The van der Waals surface area contributed by atoms with Gasteiger partial charge in [0, 0.05) is 23.4 Å². The van der Waals surface area contributed by atoms with Crippen LogP contribution in [0.2, 0.25) is 0 Å². The molecule has 0 bridgehead atoms. The van der Waals surface area contributed by atoms with Gasteiger partial charge in [-0.1, -0.05) is 12.1 Å². The topological polar surface area (TPSA) is 88.2 Å². The van der Waals surface area contributed by atoms with Crippen molar-refractivity contribution >= 4 is 31.9 Å². The van der Waals surface area contributed by atoms with Crippen molar-refractivity contribution in [2.45, 2.75) is 11.4 Å². The lowest BCUT2D eigenvalue weighted by atomic mass is 10.2. The molecular weight excluding hydrogens is 370 g/mol. The van der Waals surface area contributed by atoms with Crippen LogP contribution in [0.25, 0.3) is 0 Å². The van der Waals surface area contributed by atoms with Gasteiger partial charge in [0.2, 0.25) is 10.0 Å². The van der Waals surface area contributed by atoms with Gasteiger partial charge in [-0.25, -0.2) is 13.1 Å². The molecule has 0 fully saturated rings. The third kappa shape index (κ3) is 4.12. The molecule has 8 heteroatoms. The highest BCUT2D eigenvalue weighted by molar-refractivity contribution is 9.10. The number of hydrogen-bond donors (Lipinski definition) is 2. The Hall–Kier alpha value is -1.77. The number of aromatic nitrogens is 1. The van der Waals surface area contributed by atoms with Crippen LogP contribution in [0, 0.1) is 0 Å². The number of sulfonamides is 1. The summed E-state index contributed by atoms with van der Waals surface area (Å²) < 4.78 is 26.4. The molecule has 2 aromatic rings. The van der Waals surface area contributed by atoms with E-state index in [4.69, 9.17) is 0 Å². The van der Waals surface area contributed by atoms with Crippen molar-refractivity contribution in [1.82, 2.24) is 15.0 Å². The summed E-state index contributed by atoms with van der Waals surface area (Å²) in [6.45, 7) is 0.221. The fourth-order valence-corrected chi connectivity index (χ4v) is 2.93. The van der Waals surface area contributed by atoms with E-state index in [9.17, 15) is 13.2 Å². The standard InChI is InChI=1S/C14H14BrN3O3S/c1-16-22(20,21)13-4-2-3-10(5-13)7-18-14(19)11-6-12(15)9-17-8-11/h2-6,8-9,16H,7H2,1H3,(H,18,19). The van der Waals surface area contributed by atoms with Crippen LogP contribution in [-0.2, 0) is 16.6 Å². The van der Waals surface area contributed by atoms with E-state index in [2.05, 4.69) is 31.0 Å². The summed E-state index contributed by atoms with van der Waals surface area (Å²) in [5.74, 6) is -0.282. The maximum Gasteiger partial charge on any atom is 0.253 e. The summed E-state index contributed by atoms with van der Waals surface area (Å²) in [5.41, 5.74) is 1.11. The Balaban J connectivity index is 2.09. The summed E-state index contributed by atoms with van der Waals surface area (Å²) in [5, 5.41) is 2.72. The molecule has 1 aromatic heterocycles. The van der Waals surface area contributed by atoms with Crippen molar-refractivity contribution in [3.8, 4) is 0 Å². The van der Waals surface area contributed by atoms with Gasteiger partial charge in [-0.3, -0.25) is 9.78 Å². The Morgan fingerprint density at radius 2 is 2.05 bits per heavy atom. The summed E-state index contributed by atoms with van der Waals surface area (Å²) >= 11 is 3.25. The lowest BCUT2D eigenvalue weighted by Gasteiger charge is -2.08. The average Bonchev–Trinajstić information content (AvgIpc) is 2.53. The Kier molecular flexibility index (Phi) is 5.28. The van der Waals surface area contributed by atoms with Crippen molar-refractivity contribution in [3.63, 3.8) is 0 Å². The van der Waals surface area contributed by atoms with E-state index in [1.807, 2.05) is 0 Å². The molecule has 0 saturated carbocycles. The minimum atomic E-state index is -3.50. The van der Waals surface area contributed by atoms with E-state index in [0.29, 0.717) is 15.6 Å². The molecule has 6 nitrogen and oxygen atoms in total. The third-order valence-corrected chi connectivity index (χ3v) is 4.74. The van der Waals surface area contributed by atoms with Crippen molar-refractivity contribution in [1.29, 1.82) is 0 Å². The van der Waals surface area contributed by atoms with E-state index in [1.54, 1.807) is 24.4 Å². The van der Waals surface area contributed by atoms with Crippen LogP contribution in [-0.4, -0.2) is 26.4 Å². The molecule has 116 valence electrons. The molecule has 0 spiro atoms. The predicted molar refractivity (Wildman–Crippen MR) is 85.8 cm³/mol. The zero-order valence-corrected chi connectivity index (χ0v) is 14.1. The molecule has 2 rings (SSSR count). The number of halogens is 1. The number of hydrogen-bond acceptors (Lipinski definition) is 4. The molecule has 0 radical (unpaired) electrons. The van der Waals surface area contributed by atoms with Gasteiger partial charge < -0.3 is 5.32 Å². The zero-order chi connectivity index (χ0) is 16.2. The van der Waals surface area contributed by atoms with Crippen LogP contribution in [0.15, 0.2) is 52.1 Å². The van der Waals surface area contributed by atoms with Crippen molar-refractivity contribution in [2.24, 2.45) is 0 Å². The molecule has 0 aliphatic carbocycles. The Morgan fingerprint density at radius 3 is 2.73 bits per heavy atom. The highest BCUT2D eigenvalue weighted by Gasteiger charge is 2.12. The molecule has 22 heavy (non-hydrogen) atoms. The van der Waals surface area contributed by atoms with E-state index >= 15 is 0 Å². The first-order chi connectivity index (χ1) is 10.4. The van der Waals surface area contributed by atoms with Crippen LogP contribution < -0.4 is 10.0 Å². The van der Waals surface area contributed by atoms with Gasteiger partial charge in [-0.05, 0) is 46.7 Å². The minimum absolute atomic E-state index is 0.158. The number of benzene rings is 1.